The van der Waals surface area contributed by atoms with Crippen molar-refractivity contribution in [2.45, 2.75) is 29.1 Å². The Hall–Kier alpha value is -0.230. The maximum absolute atomic E-state index is 13.3. The van der Waals surface area contributed by atoms with Gasteiger partial charge in [-0.1, -0.05) is 24.3 Å². The van der Waals surface area contributed by atoms with E-state index in [0.717, 1.165) is 14.3 Å². The van der Waals surface area contributed by atoms with Gasteiger partial charge in [-0.15, -0.1) is 0 Å². The number of hydrogen-bond donors (Lipinski definition) is 1. The summed E-state index contributed by atoms with van der Waals surface area (Å²) in [7, 11) is -8.58. The molecule has 0 bridgehead atoms. The van der Waals surface area contributed by atoms with E-state index in [9.17, 15) is 21.4 Å². The summed E-state index contributed by atoms with van der Waals surface area (Å²) < 4.78 is 66.9. The van der Waals surface area contributed by atoms with Gasteiger partial charge in [-0.3, -0.25) is 4.55 Å². The molecule has 3 aromatic carbocycles. The van der Waals surface area contributed by atoms with Crippen LogP contribution in [0.1, 0.15) is 17.5 Å². The van der Waals surface area contributed by atoms with Gasteiger partial charge in [-0.2, -0.15) is 16.8 Å². The Labute approximate surface area is 215 Å². The van der Waals surface area contributed by atoms with Crippen molar-refractivity contribution in [3.63, 3.8) is 0 Å². The Morgan fingerprint density at radius 3 is 2.03 bits per heavy atom. The van der Waals surface area contributed by atoms with Crippen LogP contribution < -0.4 is 4.18 Å². The zero-order valence-electron chi connectivity index (χ0n) is 15.0. The summed E-state index contributed by atoms with van der Waals surface area (Å²) in [5.74, 6) is 0.102. The third-order valence-electron chi connectivity index (χ3n) is 4.92. The summed E-state index contributed by atoms with van der Waals surface area (Å²) in [4.78, 5) is -0.0958. The summed E-state index contributed by atoms with van der Waals surface area (Å²) in [6.07, 6.45) is 1.57. The molecule has 6 nitrogen and oxygen atoms in total. The third kappa shape index (κ3) is 3.97. The Morgan fingerprint density at radius 1 is 0.800 bits per heavy atom. The van der Waals surface area contributed by atoms with Crippen LogP contribution in [0.5, 0.6) is 5.75 Å². The van der Waals surface area contributed by atoms with Crippen molar-refractivity contribution in [1.29, 1.82) is 0 Å². The van der Waals surface area contributed by atoms with Crippen LogP contribution in [0.4, 0.5) is 0 Å². The second-order valence-electron chi connectivity index (χ2n) is 6.70. The smallest absolute Gasteiger partial charge is 0.341 e. The fraction of sp³-hybridized carbons (Fsp3) is 0.158. The van der Waals surface area contributed by atoms with Crippen LogP contribution in [0, 0.1) is 10.7 Å². The molecule has 158 valence electrons. The van der Waals surface area contributed by atoms with E-state index in [1.807, 2.05) is 69.4 Å². The van der Waals surface area contributed by atoms with Crippen molar-refractivity contribution in [1.82, 2.24) is 0 Å². The predicted octanol–water partition coefficient (Wildman–Crippen LogP) is 5.16. The summed E-state index contributed by atoms with van der Waals surface area (Å²) in [6, 6.07) is 10.1. The van der Waals surface area contributed by atoms with E-state index in [2.05, 4.69) is 22.6 Å². The van der Waals surface area contributed by atoms with E-state index >= 15 is 0 Å². The van der Waals surface area contributed by atoms with Crippen molar-refractivity contribution in [3.8, 4) is 5.75 Å². The van der Waals surface area contributed by atoms with Gasteiger partial charge in [0.25, 0.3) is 10.1 Å². The Kier molecular flexibility index (Phi) is 6.33. The van der Waals surface area contributed by atoms with Gasteiger partial charge in [0, 0.05) is 12.7 Å². The van der Waals surface area contributed by atoms with Crippen molar-refractivity contribution < 1.29 is 25.6 Å². The highest BCUT2D eigenvalue weighted by atomic mass is 127. The van der Waals surface area contributed by atoms with E-state index in [1.54, 1.807) is 0 Å². The predicted molar refractivity (Wildman–Crippen MR) is 138 cm³/mol. The van der Waals surface area contributed by atoms with Crippen LogP contribution in [0.3, 0.4) is 0 Å². The third-order valence-corrected chi connectivity index (χ3v) is 12.2. The molecule has 0 unspecified atom stereocenters. The van der Waals surface area contributed by atoms with Crippen molar-refractivity contribution in [2.75, 3.05) is 0 Å². The van der Waals surface area contributed by atoms with Gasteiger partial charge in [-0.25, -0.2) is 0 Å². The van der Waals surface area contributed by atoms with Gasteiger partial charge in [0.15, 0.2) is 0 Å². The fourth-order valence-electron chi connectivity index (χ4n) is 3.64. The average Bonchev–Trinajstić information content (AvgIpc) is 3.15. The molecule has 0 spiro atoms. The standard InChI is InChI=1S/C19H13I3O6S2/c20-16-12-4-1-2-5-13(12)17(21)19(18(16)22)30(26,27)28-14-8-9-15(29(23,24)25)11-7-3-6-10(11)14/h1-2,4-5,8-9H,3,6-7H2,(H,23,24,25). The van der Waals surface area contributed by atoms with Crippen LogP contribution in [0.15, 0.2) is 46.2 Å². The lowest BCUT2D eigenvalue weighted by molar-refractivity contribution is 0.480. The Morgan fingerprint density at radius 2 is 1.40 bits per heavy atom. The lowest BCUT2D eigenvalue weighted by Crippen LogP contribution is -2.16. The molecule has 0 fully saturated rings. The molecule has 30 heavy (non-hydrogen) atoms. The molecule has 0 aromatic heterocycles. The lowest BCUT2D eigenvalue weighted by atomic mass is 10.1. The molecule has 1 N–H and O–H groups in total. The molecule has 11 heteroatoms. The van der Waals surface area contributed by atoms with E-state index < -0.39 is 20.2 Å². The minimum absolute atomic E-state index is 0.0948. The normalized spacial score (nSPS) is 14.1. The Bertz CT molecular complexity index is 1420. The molecular formula is C19H13I3O6S2. The van der Waals surface area contributed by atoms with Crippen molar-refractivity contribution in [2.24, 2.45) is 0 Å². The summed E-state index contributed by atoms with van der Waals surface area (Å²) >= 11 is 6.17. The van der Waals surface area contributed by atoms with E-state index in [4.69, 9.17) is 4.18 Å². The van der Waals surface area contributed by atoms with Gasteiger partial charge >= 0.3 is 10.1 Å². The average molecular weight is 782 g/mol. The van der Waals surface area contributed by atoms with Crippen molar-refractivity contribution >= 4 is 98.8 Å². The second kappa shape index (κ2) is 8.28. The molecule has 0 heterocycles. The van der Waals surface area contributed by atoms with Gasteiger partial charge in [0.2, 0.25) is 0 Å². The van der Waals surface area contributed by atoms with Crippen LogP contribution >= 0.6 is 67.8 Å². The quantitative estimate of drug-likeness (QED) is 0.170. The highest BCUT2D eigenvalue weighted by Gasteiger charge is 2.31. The SMILES string of the molecule is O=S(=O)(O)c1ccc(OS(=O)(=O)c2c(I)c(I)c3ccccc3c2I)c2c1CCC2. The van der Waals surface area contributed by atoms with Gasteiger partial charge in [0.1, 0.15) is 10.6 Å². The van der Waals surface area contributed by atoms with Crippen LogP contribution in [-0.2, 0) is 33.1 Å². The summed E-state index contributed by atoms with van der Waals surface area (Å²) in [5.41, 5.74) is 0.928. The molecule has 0 atom stereocenters. The first-order chi connectivity index (χ1) is 14.0. The van der Waals surface area contributed by atoms with Gasteiger partial charge in [-0.05, 0) is 116 Å². The monoisotopic (exact) mass is 782 g/mol. The molecule has 0 aliphatic heterocycles. The van der Waals surface area contributed by atoms with Crippen LogP contribution in [0.2, 0.25) is 0 Å². The first kappa shape index (κ1) is 22.9. The molecule has 4 rings (SSSR count). The van der Waals surface area contributed by atoms with Crippen LogP contribution in [0.25, 0.3) is 10.8 Å². The maximum atomic E-state index is 13.3. The fourth-order valence-corrected chi connectivity index (χ4v) is 9.90. The van der Waals surface area contributed by atoms with Gasteiger partial charge in [0.05, 0.1) is 8.47 Å². The highest BCUT2D eigenvalue weighted by Crippen LogP contribution is 2.40. The first-order valence-corrected chi connectivity index (χ1v) is 14.7. The van der Waals surface area contributed by atoms with Gasteiger partial charge < -0.3 is 4.18 Å². The topological polar surface area (TPSA) is 97.7 Å². The summed E-state index contributed by atoms with van der Waals surface area (Å²) in [6.45, 7) is 0. The van der Waals surface area contributed by atoms with E-state index in [1.165, 1.54) is 12.1 Å². The number of fused-ring (bicyclic) bond motifs is 2. The molecule has 3 aromatic rings. The number of rotatable bonds is 4. The Balaban J connectivity index is 1.87. The summed E-state index contributed by atoms with van der Waals surface area (Å²) in [5, 5.41) is 1.78. The second-order valence-corrected chi connectivity index (χ2v) is 12.8. The van der Waals surface area contributed by atoms with Crippen molar-refractivity contribution in [3.05, 3.63) is 58.2 Å². The molecular weight excluding hydrogens is 769 g/mol. The zero-order valence-corrected chi connectivity index (χ0v) is 23.1. The van der Waals surface area contributed by atoms with E-state index in [0.29, 0.717) is 37.5 Å². The highest BCUT2D eigenvalue weighted by molar-refractivity contribution is 14.1. The zero-order chi connectivity index (χ0) is 21.8. The minimum Gasteiger partial charge on any atom is -0.379 e. The molecule has 0 amide bonds. The molecule has 0 radical (unpaired) electrons. The minimum atomic E-state index is -4.39. The maximum Gasteiger partial charge on any atom is 0.341 e. The largest absolute Gasteiger partial charge is 0.379 e. The molecule has 1 aliphatic carbocycles. The number of hydrogen-bond acceptors (Lipinski definition) is 5. The molecule has 1 aliphatic rings. The molecule has 0 saturated carbocycles. The molecule has 0 saturated heterocycles. The van der Waals surface area contributed by atoms with Crippen LogP contribution in [-0.4, -0.2) is 21.4 Å². The number of halogens is 3. The first-order valence-electron chi connectivity index (χ1n) is 8.64. The van der Waals surface area contributed by atoms with E-state index in [-0.39, 0.29) is 15.5 Å². The number of benzene rings is 3. The lowest BCUT2D eigenvalue weighted by Gasteiger charge is -2.16.